The second kappa shape index (κ2) is 6.48. The summed E-state index contributed by atoms with van der Waals surface area (Å²) in [5, 5.41) is 0. The van der Waals surface area contributed by atoms with Gasteiger partial charge in [-0.1, -0.05) is 0 Å². The Balaban J connectivity index is 2.23. The Kier molecular flexibility index (Phi) is 5.25. The minimum atomic E-state index is 0.173. The van der Waals surface area contributed by atoms with E-state index in [1.165, 1.54) is 0 Å². The second-order valence-corrected chi connectivity index (χ2v) is 4.79. The zero-order chi connectivity index (χ0) is 12.0. The van der Waals surface area contributed by atoms with Gasteiger partial charge in [-0.25, -0.2) is 9.97 Å². The SMILES string of the molecule is Cc1nccc(CSCCC(=O)N(C)C)n1. The zero-order valence-corrected chi connectivity index (χ0v) is 10.8. The molecule has 5 heteroatoms. The third kappa shape index (κ3) is 4.61. The normalized spacial score (nSPS) is 10.2. The van der Waals surface area contributed by atoms with Gasteiger partial charge in [-0.2, -0.15) is 11.8 Å². The summed E-state index contributed by atoms with van der Waals surface area (Å²) in [5.74, 6) is 2.64. The minimum Gasteiger partial charge on any atom is -0.349 e. The molecular formula is C11H17N3OS. The summed E-state index contributed by atoms with van der Waals surface area (Å²) in [6.45, 7) is 1.88. The van der Waals surface area contributed by atoms with Gasteiger partial charge < -0.3 is 4.90 Å². The molecule has 0 saturated heterocycles. The van der Waals surface area contributed by atoms with Gasteiger partial charge in [0.15, 0.2) is 0 Å². The van der Waals surface area contributed by atoms with Crippen molar-refractivity contribution in [3.63, 3.8) is 0 Å². The van der Waals surface area contributed by atoms with Crippen LogP contribution >= 0.6 is 11.8 Å². The first-order valence-corrected chi connectivity index (χ1v) is 6.31. The predicted octanol–water partition coefficient (Wildman–Crippen LogP) is 1.50. The van der Waals surface area contributed by atoms with Gasteiger partial charge >= 0.3 is 0 Å². The monoisotopic (exact) mass is 239 g/mol. The van der Waals surface area contributed by atoms with Gasteiger partial charge in [0.2, 0.25) is 5.91 Å². The molecule has 0 aliphatic heterocycles. The molecule has 1 aromatic heterocycles. The topological polar surface area (TPSA) is 46.1 Å². The fourth-order valence-electron chi connectivity index (χ4n) is 1.15. The van der Waals surface area contributed by atoms with Gasteiger partial charge in [0, 0.05) is 38.2 Å². The van der Waals surface area contributed by atoms with Crippen molar-refractivity contribution in [1.29, 1.82) is 0 Å². The van der Waals surface area contributed by atoms with Crippen molar-refractivity contribution in [3.8, 4) is 0 Å². The lowest BCUT2D eigenvalue weighted by Gasteiger charge is -2.09. The van der Waals surface area contributed by atoms with E-state index >= 15 is 0 Å². The highest BCUT2D eigenvalue weighted by Gasteiger charge is 2.03. The van der Waals surface area contributed by atoms with Crippen LogP contribution in [0.2, 0.25) is 0 Å². The lowest BCUT2D eigenvalue weighted by Crippen LogP contribution is -2.21. The Bertz CT molecular complexity index is 355. The zero-order valence-electron chi connectivity index (χ0n) is 9.93. The van der Waals surface area contributed by atoms with Crippen molar-refractivity contribution < 1.29 is 4.79 Å². The van der Waals surface area contributed by atoms with Crippen LogP contribution < -0.4 is 0 Å². The number of carbonyl (C=O) groups excluding carboxylic acids is 1. The van der Waals surface area contributed by atoms with Gasteiger partial charge in [0.25, 0.3) is 0 Å². The maximum Gasteiger partial charge on any atom is 0.222 e. The molecule has 0 aliphatic rings. The van der Waals surface area contributed by atoms with Crippen LogP contribution in [0.25, 0.3) is 0 Å². The molecule has 0 radical (unpaired) electrons. The van der Waals surface area contributed by atoms with E-state index in [0.717, 1.165) is 23.0 Å². The third-order valence-corrected chi connectivity index (χ3v) is 3.04. The van der Waals surface area contributed by atoms with Crippen molar-refractivity contribution in [2.45, 2.75) is 19.1 Å². The highest BCUT2D eigenvalue weighted by molar-refractivity contribution is 7.98. The number of thioether (sulfide) groups is 1. The van der Waals surface area contributed by atoms with E-state index in [9.17, 15) is 4.79 Å². The maximum absolute atomic E-state index is 11.3. The van der Waals surface area contributed by atoms with Crippen LogP contribution in [0.15, 0.2) is 12.3 Å². The van der Waals surface area contributed by atoms with E-state index in [1.807, 2.05) is 13.0 Å². The number of hydrogen-bond acceptors (Lipinski definition) is 4. The summed E-state index contributed by atoms with van der Waals surface area (Å²) < 4.78 is 0. The summed E-state index contributed by atoms with van der Waals surface area (Å²) in [6.07, 6.45) is 2.35. The van der Waals surface area contributed by atoms with Crippen LogP contribution in [0.3, 0.4) is 0 Å². The van der Waals surface area contributed by atoms with Gasteiger partial charge in [-0.15, -0.1) is 0 Å². The van der Waals surface area contributed by atoms with Gasteiger partial charge in [-0.3, -0.25) is 4.79 Å². The first kappa shape index (κ1) is 13.0. The first-order chi connectivity index (χ1) is 7.59. The number of carbonyl (C=O) groups is 1. The highest BCUT2D eigenvalue weighted by atomic mass is 32.2. The third-order valence-electron chi connectivity index (χ3n) is 2.04. The summed E-state index contributed by atoms with van der Waals surface area (Å²) in [6, 6.07) is 1.91. The van der Waals surface area contributed by atoms with Crippen LogP contribution in [0, 0.1) is 6.92 Å². The molecular weight excluding hydrogens is 222 g/mol. The van der Waals surface area contributed by atoms with Crippen LogP contribution in [0.1, 0.15) is 17.9 Å². The Hall–Kier alpha value is -1.10. The molecule has 0 bridgehead atoms. The van der Waals surface area contributed by atoms with Crippen LogP contribution in [-0.4, -0.2) is 40.6 Å². The number of amides is 1. The Morgan fingerprint density at radius 2 is 2.25 bits per heavy atom. The smallest absolute Gasteiger partial charge is 0.222 e. The van der Waals surface area contributed by atoms with E-state index in [1.54, 1.807) is 37.0 Å². The largest absolute Gasteiger partial charge is 0.349 e. The van der Waals surface area contributed by atoms with E-state index in [4.69, 9.17) is 0 Å². The standard InChI is InChI=1S/C11H17N3OS/c1-9-12-6-4-10(13-9)8-16-7-5-11(15)14(2)3/h4,6H,5,7-8H2,1-3H3. The molecule has 0 atom stereocenters. The van der Waals surface area contributed by atoms with Crippen molar-refractivity contribution in [2.75, 3.05) is 19.8 Å². The number of nitrogens with zero attached hydrogens (tertiary/aromatic N) is 3. The lowest BCUT2D eigenvalue weighted by atomic mass is 10.4. The summed E-state index contributed by atoms with van der Waals surface area (Å²) in [5.41, 5.74) is 1.02. The molecule has 16 heavy (non-hydrogen) atoms. The molecule has 1 rings (SSSR count). The van der Waals surface area contributed by atoms with E-state index in [0.29, 0.717) is 6.42 Å². The highest BCUT2D eigenvalue weighted by Crippen LogP contribution is 2.11. The van der Waals surface area contributed by atoms with Crippen LogP contribution in [0.4, 0.5) is 0 Å². The molecule has 0 saturated carbocycles. The van der Waals surface area contributed by atoms with Gasteiger partial charge in [0.1, 0.15) is 5.82 Å². The Morgan fingerprint density at radius 1 is 1.50 bits per heavy atom. The predicted molar refractivity (Wildman–Crippen MR) is 66.2 cm³/mol. The molecule has 1 amide bonds. The summed E-state index contributed by atoms with van der Waals surface area (Å²) in [7, 11) is 3.56. The molecule has 4 nitrogen and oxygen atoms in total. The minimum absolute atomic E-state index is 0.173. The van der Waals surface area contributed by atoms with E-state index < -0.39 is 0 Å². The van der Waals surface area contributed by atoms with Crippen LogP contribution in [-0.2, 0) is 10.5 Å². The molecule has 1 aromatic rings. The second-order valence-electron chi connectivity index (χ2n) is 3.69. The Morgan fingerprint density at radius 3 is 2.88 bits per heavy atom. The molecule has 0 aromatic carbocycles. The van der Waals surface area contributed by atoms with Crippen molar-refractivity contribution in [2.24, 2.45) is 0 Å². The fraction of sp³-hybridized carbons (Fsp3) is 0.545. The number of hydrogen-bond donors (Lipinski definition) is 0. The number of aromatic nitrogens is 2. The quantitative estimate of drug-likeness (QED) is 0.730. The molecule has 0 unspecified atom stereocenters. The van der Waals surface area contributed by atoms with Gasteiger partial charge in [-0.05, 0) is 13.0 Å². The number of aryl methyl sites for hydroxylation is 1. The van der Waals surface area contributed by atoms with Crippen molar-refractivity contribution in [3.05, 3.63) is 23.8 Å². The van der Waals surface area contributed by atoms with E-state index in [2.05, 4.69) is 9.97 Å². The average Bonchev–Trinajstić information content (AvgIpc) is 2.24. The fourth-order valence-corrected chi connectivity index (χ4v) is 1.98. The number of rotatable bonds is 5. The van der Waals surface area contributed by atoms with Gasteiger partial charge in [0.05, 0.1) is 5.69 Å². The molecule has 0 spiro atoms. The molecule has 0 fully saturated rings. The molecule has 1 heterocycles. The lowest BCUT2D eigenvalue weighted by molar-refractivity contribution is -0.128. The molecule has 0 N–H and O–H groups in total. The first-order valence-electron chi connectivity index (χ1n) is 5.16. The summed E-state index contributed by atoms with van der Waals surface area (Å²) >= 11 is 1.72. The van der Waals surface area contributed by atoms with Crippen molar-refractivity contribution in [1.82, 2.24) is 14.9 Å². The van der Waals surface area contributed by atoms with Crippen LogP contribution in [0.5, 0.6) is 0 Å². The average molecular weight is 239 g/mol. The van der Waals surface area contributed by atoms with Crippen molar-refractivity contribution >= 4 is 17.7 Å². The summed E-state index contributed by atoms with van der Waals surface area (Å²) in [4.78, 5) is 21.3. The molecule has 0 aliphatic carbocycles. The molecule has 88 valence electrons. The Labute approximate surface area is 100 Å². The van der Waals surface area contributed by atoms with E-state index in [-0.39, 0.29) is 5.91 Å². The maximum atomic E-state index is 11.3.